The van der Waals surface area contributed by atoms with Gasteiger partial charge in [0.2, 0.25) is 11.8 Å². The quantitative estimate of drug-likeness (QED) is 0.790. The Hall–Kier alpha value is -1.89. The number of amides is 3. The molecule has 0 saturated carbocycles. The van der Waals surface area contributed by atoms with Gasteiger partial charge in [0, 0.05) is 10.0 Å². The molecule has 3 amide bonds. The lowest BCUT2D eigenvalue weighted by atomic mass is 10.2. The van der Waals surface area contributed by atoms with E-state index < -0.39 is 17.7 Å². The van der Waals surface area contributed by atoms with Crippen LogP contribution in [-0.4, -0.2) is 35.7 Å². The Labute approximate surface area is 112 Å². The van der Waals surface area contributed by atoms with Crippen molar-refractivity contribution in [2.75, 3.05) is 13.1 Å². The van der Waals surface area contributed by atoms with Crippen LogP contribution in [0, 0.1) is 0 Å². The van der Waals surface area contributed by atoms with Crippen LogP contribution in [0.15, 0.2) is 28.7 Å². The highest BCUT2D eigenvalue weighted by molar-refractivity contribution is 9.10. The van der Waals surface area contributed by atoms with Gasteiger partial charge < -0.3 is 16.4 Å². The fraction of sp³-hybridized carbons (Fsp3) is 0.182. The minimum Gasteiger partial charge on any atom is -0.368 e. The summed E-state index contributed by atoms with van der Waals surface area (Å²) in [5, 5.41) is 0. The molecule has 0 radical (unpaired) electrons. The van der Waals surface area contributed by atoms with Gasteiger partial charge >= 0.3 is 0 Å². The molecule has 0 unspecified atom stereocenters. The van der Waals surface area contributed by atoms with Crippen molar-refractivity contribution >= 4 is 33.7 Å². The molecule has 0 fully saturated rings. The van der Waals surface area contributed by atoms with Gasteiger partial charge in [0.1, 0.15) is 13.1 Å². The Kier molecular flexibility index (Phi) is 4.85. The van der Waals surface area contributed by atoms with Gasteiger partial charge in [-0.2, -0.15) is 0 Å². The first-order valence-electron chi connectivity index (χ1n) is 5.01. The number of rotatable bonds is 5. The Balaban J connectivity index is 2.94. The molecule has 0 heterocycles. The first kappa shape index (κ1) is 14.2. The highest BCUT2D eigenvalue weighted by Crippen LogP contribution is 2.13. The molecule has 1 aromatic carbocycles. The topological polar surface area (TPSA) is 106 Å². The number of hydrogen-bond acceptors (Lipinski definition) is 3. The smallest absolute Gasteiger partial charge is 0.254 e. The zero-order valence-corrected chi connectivity index (χ0v) is 11.0. The van der Waals surface area contributed by atoms with Gasteiger partial charge in [0.15, 0.2) is 0 Å². The predicted octanol–water partition coefficient (Wildman–Crippen LogP) is -0.138. The average molecular weight is 314 g/mol. The standard InChI is InChI=1S/C11H12BrN3O3/c12-8-3-1-2-7(4-8)11(18)15(5-9(13)16)6-10(14)17/h1-4H,5-6H2,(H2,13,16)(H2,14,17). The second-order valence-electron chi connectivity index (χ2n) is 3.60. The summed E-state index contributed by atoms with van der Waals surface area (Å²) in [7, 11) is 0. The number of halogens is 1. The molecule has 1 aromatic rings. The van der Waals surface area contributed by atoms with Gasteiger partial charge in [-0.05, 0) is 18.2 Å². The van der Waals surface area contributed by atoms with Gasteiger partial charge in [0.05, 0.1) is 0 Å². The summed E-state index contributed by atoms with van der Waals surface area (Å²) in [5.41, 5.74) is 10.4. The summed E-state index contributed by atoms with van der Waals surface area (Å²) in [4.78, 5) is 34.8. The van der Waals surface area contributed by atoms with Crippen LogP contribution >= 0.6 is 15.9 Å². The molecule has 0 aromatic heterocycles. The van der Waals surface area contributed by atoms with E-state index >= 15 is 0 Å². The Morgan fingerprint density at radius 1 is 1.11 bits per heavy atom. The van der Waals surface area contributed by atoms with Crippen molar-refractivity contribution in [3.8, 4) is 0 Å². The zero-order valence-electron chi connectivity index (χ0n) is 9.43. The van der Waals surface area contributed by atoms with Crippen molar-refractivity contribution in [2.24, 2.45) is 11.5 Å². The van der Waals surface area contributed by atoms with E-state index in [2.05, 4.69) is 15.9 Å². The van der Waals surface area contributed by atoms with Gasteiger partial charge in [-0.3, -0.25) is 14.4 Å². The number of carbonyl (C=O) groups excluding carboxylic acids is 3. The molecule has 0 atom stereocenters. The summed E-state index contributed by atoms with van der Waals surface area (Å²) in [6.45, 7) is -0.706. The molecular weight excluding hydrogens is 302 g/mol. The predicted molar refractivity (Wildman–Crippen MR) is 68.4 cm³/mol. The molecule has 0 aliphatic heterocycles. The van der Waals surface area contributed by atoms with Crippen LogP contribution in [0.5, 0.6) is 0 Å². The van der Waals surface area contributed by atoms with Crippen molar-refractivity contribution in [3.05, 3.63) is 34.3 Å². The maximum atomic E-state index is 12.1. The van der Waals surface area contributed by atoms with Gasteiger partial charge in [0.25, 0.3) is 5.91 Å². The van der Waals surface area contributed by atoms with Gasteiger partial charge in [-0.15, -0.1) is 0 Å². The zero-order chi connectivity index (χ0) is 13.7. The Morgan fingerprint density at radius 3 is 2.11 bits per heavy atom. The minimum absolute atomic E-state index is 0.340. The van der Waals surface area contributed by atoms with E-state index in [1.54, 1.807) is 24.3 Å². The van der Waals surface area contributed by atoms with E-state index in [0.29, 0.717) is 10.0 Å². The number of primary amides is 2. The van der Waals surface area contributed by atoms with Crippen molar-refractivity contribution in [1.29, 1.82) is 0 Å². The normalized spacial score (nSPS) is 9.83. The monoisotopic (exact) mass is 313 g/mol. The van der Waals surface area contributed by atoms with Crippen molar-refractivity contribution in [1.82, 2.24) is 4.90 Å². The van der Waals surface area contributed by atoms with Crippen molar-refractivity contribution in [3.63, 3.8) is 0 Å². The number of nitrogens with zero attached hydrogens (tertiary/aromatic N) is 1. The van der Waals surface area contributed by atoms with Crippen LogP contribution in [0.3, 0.4) is 0 Å². The molecule has 6 nitrogen and oxygen atoms in total. The lowest BCUT2D eigenvalue weighted by Crippen LogP contribution is -2.43. The second-order valence-corrected chi connectivity index (χ2v) is 4.52. The largest absolute Gasteiger partial charge is 0.368 e. The molecule has 0 aliphatic rings. The van der Waals surface area contributed by atoms with E-state index in [4.69, 9.17) is 11.5 Å². The lowest BCUT2D eigenvalue weighted by Gasteiger charge is -2.19. The number of hydrogen-bond donors (Lipinski definition) is 2. The summed E-state index contributed by atoms with van der Waals surface area (Å²) < 4.78 is 0.714. The van der Waals surface area contributed by atoms with Crippen LogP contribution in [0.4, 0.5) is 0 Å². The maximum absolute atomic E-state index is 12.1. The number of nitrogens with two attached hydrogens (primary N) is 2. The van der Waals surface area contributed by atoms with Crippen LogP contribution < -0.4 is 11.5 Å². The first-order valence-corrected chi connectivity index (χ1v) is 5.81. The molecule has 4 N–H and O–H groups in total. The summed E-state index contributed by atoms with van der Waals surface area (Å²) in [5.74, 6) is -1.90. The molecule has 0 saturated heterocycles. The fourth-order valence-corrected chi connectivity index (χ4v) is 1.78. The van der Waals surface area contributed by atoms with E-state index in [1.807, 2.05) is 0 Å². The molecule has 0 aliphatic carbocycles. The summed E-state index contributed by atoms with van der Waals surface area (Å²) >= 11 is 3.23. The van der Waals surface area contributed by atoms with Crippen LogP contribution in [0.1, 0.15) is 10.4 Å². The van der Waals surface area contributed by atoms with Crippen molar-refractivity contribution in [2.45, 2.75) is 0 Å². The molecule has 0 bridgehead atoms. The average Bonchev–Trinajstić information content (AvgIpc) is 2.26. The van der Waals surface area contributed by atoms with Gasteiger partial charge in [-0.1, -0.05) is 22.0 Å². The fourth-order valence-electron chi connectivity index (χ4n) is 1.38. The van der Waals surface area contributed by atoms with E-state index in [-0.39, 0.29) is 13.1 Å². The molecule has 1 rings (SSSR count). The van der Waals surface area contributed by atoms with E-state index in [0.717, 1.165) is 4.90 Å². The minimum atomic E-state index is -0.709. The molecule has 0 spiro atoms. The molecule has 18 heavy (non-hydrogen) atoms. The van der Waals surface area contributed by atoms with Crippen LogP contribution in [0.2, 0.25) is 0 Å². The lowest BCUT2D eigenvalue weighted by molar-refractivity contribution is -0.121. The number of benzene rings is 1. The third-order valence-electron chi connectivity index (χ3n) is 2.05. The highest BCUT2D eigenvalue weighted by Gasteiger charge is 2.19. The third kappa shape index (κ3) is 4.17. The third-order valence-corrected chi connectivity index (χ3v) is 2.55. The van der Waals surface area contributed by atoms with Gasteiger partial charge in [-0.25, -0.2) is 0 Å². The van der Waals surface area contributed by atoms with Crippen LogP contribution in [-0.2, 0) is 9.59 Å². The highest BCUT2D eigenvalue weighted by atomic mass is 79.9. The first-order chi connectivity index (χ1) is 8.40. The summed E-state index contributed by atoms with van der Waals surface area (Å²) in [6.07, 6.45) is 0. The van der Waals surface area contributed by atoms with E-state index in [9.17, 15) is 14.4 Å². The molecule has 7 heteroatoms. The number of carbonyl (C=O) groups is 3. The van der Waals surface area contributed by atoms with Crippen LogP contribution in [0.25, 0.3) is 0 Å². The molecule has 96 valence electrons. The maximum Gasteiger partial charge on any atom is 0.254 e. The van der Waals surface area contributed by atoms with E-state index in [1.165, 1.54) is 0 Å². The van der Waals surface area contributed by atoms with Crippen molar-refractivity contribution < 1.29 is 14.4 Å². The Bertz CT molecular complexity index is 474. The second kappa shape index (κ2) is 6.15. The Morgan fingerprint density at radius 2 is 1.67 bits per heavy atom. The SMILES string of the molecule is NC(=O)CN(CC(N)=O)C(=O)c1cccc(Br)c1. The molecular formula is C11H12BrN3O3. The summed E-state index contributed by atoms with van der Waals surface area (Å²) in [6, 6.07) is 6.58.